The van der Waals surface area contributed by atoms with Gasteiger partial charge in [-0.25, -0.2) is 4.98 Å². The van der Waals surface area contributed by atoms with Crippen molar-refractivity contribution in [2.75, 3.05) is 0 Å². The van der Waals surface area contributed by atoms with E-state index in [1.165, 1.54) is 30.1 Å². The summed E-state index contributed by atoms with van der Waals surface area (Å²) in [5.74, 6) is 0.697. The molecule has 16 heavy (non-hydrogen) atoms. The highest BCUT2D eigenvalue weighted by molar-refractivity contribution is 5.68. The van der Waals surface area contributed by atoms with E-state index in [0.717, 1.165) is 25.8 Å². The Kier molecular flexibility index (Phi) is 2.23. The van der Waals surface area contributed by atoms with Gasteiger partial charge in [0.05, 0.1) is 12.1 Å². The molecule has 86 valence electrons. The Balaban J connectivity index is 1.97. The molecule has 0 bridgehead atoms. The predicted octanol–water partition coefficient (Wildman–Crippen LogP) is 1.72. The van der Waals surface area contributed by atoms with Crippen molar-refractivity contribution in [3.63, 3.8) is 0 Å². The molecule has 1 aliphatic carbocycles. The number of carbonyl (C=O) groups is 1. The predicted molar refractivity (Wildman–Crippen MR) is 58.5 cm³/mol. The smallest absolute Gasteiger partial charge is 0.304 e. The highest BCUT2D eigenvalue weighted by Crippen LogP contribution is 2.37. The summed E-state index contributed by atoms with van der Waals surface area (Å²) in [4.78, 5) is 15.5. The Morgan fingerprint density at radius 3 is 3.12 bits per heavy atom. The first-order valence-corrected chi connectivity index (χ1v) is 6.05. The zero-order valence-electron chi connectivity index (χ0n) is 9.28. The van der Waals surface area contributed by atoms with E-state index < -0.39 is 5.97 Å². The Labute approximate surface area is 94.3 Å². The lowest BCUT2D eigenvalue weighted by Crippen LogP contribution is -2.15. The molecule has 0 aromatic carbocycles. The zero-order valence-corrected chi connectivity index (χ0v) is 9.28. The number of fused-ring (bicyclic) bond motifs is 3. The number of hydrogen-bond donors (Lipinski definition) is 1. The summed E-state index contributed by atoms with van der Waals surface area (Å²) >= 11 is 0. The second kappa shape index (κ2) is 3.61. The van der Waals surface area contributed by atoms with E-state index in [0.29, 0.717) is 0 Å². The third-order valence-corrected chi connectivity index (χ3v) is 3.73. The fraction of sp³-hybridized carbons (Fsp3) is 0.667. The normalized spacial score (nSPS) is 22.9. The monoisotopic (exact) mass is 220 g/mol. The zero-order chi connectivity index (χ0) is 11.1. The van der Waals surface area contributed by atoms with Gasteiger partial charge in [-0.2, -0.15) is 0 Å². The van der Waals surface area contributed by atoms with Crippen LogP contribution in [-0.4, -0.2) is 20.6 Å². The van der Waals surface area contributed by atoms with Gasteiger partial charge in [0.2, 0.25) is 0 Å². The van der Waals surface area contributed by atoms with E-state index in [4.69, 9.17) is 5.11 Å². The summed E-state index contributed by atoms with van der Waals surface area (Å²) in [6.07, 6.45) is 5.68. The number of hydrogen-bond acceptors (Lipinski definition) is 2. The highest BCUT2D eigenvalue weighted by atomic mass is 16.4. The maximum Gasteiger partial charge on any atom is 0.304 e. The summed E-state index contributed by atoms with van der Waals surface area (Å²) in [6.45, 7) is 1.04. The minimum absolute atomic E-state index is 0.201. The van der Waals surface area contributed by atoms with Crippen LogP contribution in [0.25, 0.3) is 0 Å². The first-order valence-electron chi connectivity index (χ1n) is 6.05. The average Bonchev–Trinajstić information content (AvgIpc) is 2.77. The number of rotatable bonds is 2. The average molecular weight is 220 g/mol. The fourth-order valence-corrected chi connectivity index (χ4v) is 3.06. The number of carboxylic acids is 1. The number of aromatic nitrogens is 2. The molecule has 1 N–H and O–H groups in total. The van der Waals surface area contributed by atoms with E-state index >= 15 is 0 Å². The molecule has 4 heteroatoms. The standard InChI is InChI=1S/C12H16N2O2/c15-11(16)7-8-4-5-9-12(8)14-6-2-1-3-10(14)13-9/h8H,1-7H2,(H,15,16). The molecule has 2 heterocycles. The molecule has 1 unspecified atom stereocenters. The van der Waals surface area contributed by atoms with E-state index in [1.807, 2.05) is 0 Å². The molecule has 0 amide bonds. The quantitative estimate of drug-likeness (QED) is 0.825. The van der Waals surface area contributed by atoms with Crippen LogP contribution >= 0.6 is 0 Å². The van der Waals surface area contributed by atoms with Crippen molar-refractivity contribution in [1.29, 1.82) is 0 Å². The molecule has 4 nitrogen and oxygen atoms in total. The molecule has 1 atom stereocenters. The second-order valence-electron chi connectivity index (χ2n) is 4.80. The fourth-order valence-electron chi connectivity index (χ4n) is 3.06. The Hall–Kier alpha value is -1.32. The first-order chi connectivity index (χ1) is 7.75. The highest BCUT2D eigenvalue weighted by Gasteiger charge is 2.31. The van der Waals surface area contributed by atoms with Crippen molar-refractivity contribution in [2.24, 2.45) is 0 Å². The van der Waals surface area contributed by atoms with E-state index in [-0.39, 0.29) is 12.3 Å². The van der Waals surface area contributed by atoms with Crippen LogP contribution in [0.3, 0.4) is 0 Å². The van der Waals surface area contributed by atoms with Crippen molar-refractivity contribution in [3.8, 4) is 0 Å². The first kappa shape index (κ1) is 9.87. The summed E-state index contributed by atoms with van der Waals surface area (Å²) in [5, 5.41) is 8.91. The van der Waals surface area contributed by atoms with E-state index in [2.05, 4.69) is 9.55 Å². The minimum atomic E-state index is -0.691. The van der Waals surface area contributed by atoms with Crippen LogP contribution < -0.4 is 0 Å². The topological polar surface area (TPSA) is 55.1 Å². The van der Waals surface area contributed by atoms with Crippen molar-refractivity contribution >= 4 is 5.97 Å². The van der Waals surface area contributed by atoms with Crippen LogP contribution in [-0.2, 0) is 24.2 Å². The van der Waals surface area contributed by atoms with Gasteiger partial charge >= 0.3 is 5.97 Å². The Morgan fingerprint density at radius 2 is 2.31 bits per heavy atom. The van der Waals surface area contributed by atoms with Gasteiger partial charge < -0.3 is 9.67 Å². The molecule has 2 aliphatic rings. The molecule has 3 rings (SSSR count). The van der Waals surface area contributed by atoms with E-state index in [9.17, 15) is 4.79 Å². The Morgan fingerprint density at radius 1 is 1.44 bits per heavy atom. The van der Waals surface area contributed by atoms with Gasteiger partial charge in [-0.05, 0) is 25.7 Å². The van der Waals surface area contributed by atoms with Gasteiger partial charge in [-0.3, -0.25) is 4.79 Å². The van der Waals surface area contributed by atoms with Crippen molar-refractivity contribution in [3.05, 3.63) is 17.2 Å². The van der Waals surface area contributed by atoms with Crippen LogP contribution in [0.15, 0.2) is 0 Å². The van der Waals surface area contributed by atoms with Crippen LogP contribution in [0, 0.1) is 0 Å². The number of carboxylic acid groups (broad SMARTS) is 1. The molecule has 0 saturated heterocycles. The summed E-state index contributed by atoms with van der Waals surface area (Å²) in [6, 6.07) is 0. The van der Waals surface area contributed by atoms with Gasteiger partial charge in [-0.15, -0.1) is 0 Å². The lowest BCUT2D eigenvalue weighted by atomic mass is 10.0. The molecular weight excluding hydrogens is 204 g/mol. The molecular formula is C12H16N2O2. The molecule has 0 spiro atoms. The molecule has 1 aromatic rings. The molecule has 0 fully saturated rings. The maximum absolute atomic E-state index is 10.8. The molecule has 0 radical (unpaired) electrons. The minimum Gasteiger partial charge on any atom is -0.481 e. The van der Waals surface area contributed by atoms with Crippen LogP contribution in [0.1, 0.15) is 48.8 Å². The summed E-state index contributed by atoms with van der Waals surface area (Å²) in [7, 11) is 0. The van der Waals surface area contributed by atoms with Crippen LogP contribution in [0.2, 0.25) is 0 Å². The number of imidazole rings is 1. The summed E-state index contributed by atoms with van der Waals surface area (Å²) < 4.78 is 2.29. The lowest BCUT2D eigenvalue weighted by molar-refractivity contribution is -0.137. The molecule has 1 aromatic heterocycles. The largest absolute Gasteiger partial charge is 0.481 e. The third-order valence-electron chi connectivity index (χ3n) is 3.73. The van der Waals surface area contributed by atoms with E-state index in [1.54, 1.807) is 0 Å². The maximum atomic E-state index is 10.8. The SMILES string of the molecule is O=C(O)CC1CCc2nc3n(c21)CCCC3. The van der Waals surface area contributed by atoms with Gasteiger partial charge in [-0.1, -0.05) is 0 Å². The number of aliphatic carboxylic acids is 1. The molecule has 0 saturated carbocycles. The van der Waals surface area contributed by atoms with Crippen LogP contribution in [0.5, 0.6) is 0 Å². The molecule has 1 aliphatic heterocycles. The van der Waals surface area contributed by atoms with Gasteiger partial charge in [0, 0.05) is 24.6 Å². The summed E-state index contributed by atoms with van der Waals surface area (Å²) in [5.41, 5.74) is 2.40. The number of nitrogens with zero attached hydrogens (tertiary/aromatic N) is 2. The van der Waals surface area contributed by atoms with Gasteiger partial charge in [0.25, 0.3) is 0 Å². The van der Waals surface area contributed by atoms with Crippen molar-refractivity contribution in [2.45, 2.75) is 51.0 Å². The second-order valence-corrected chi connectivity index (χ2v) is 4.80. The lowest BCUT2D eigenvalue weighted by Gasteiger charge is -2.19. The third kappa shape index (κ3) is 1.44. The van der Waals surface area contributed by atoms with Crippen molar-refractivity contribution < 1.29 is 9.90 Å². The van der Waals surface area contributed by atoms with Gasteiger partial charge in [0.15, 0.2) is 0 Å². The van der Waals surface area contributed by atoms with Crippen molar-refractivity contribution in [1.82, 2.24) is 9.55 Å². The van der Waals surface area contributed by atoms with Crippen LogP contribution in [0.4, 0.5) is 0 Å². The number of aryl methyl sites for hydroxylation is 2. The Bertz CT molecular complexity index is 436. The van der Waals surface area contributed by atoms with Gasteiger partial charge in [0.1, 0.15) is 5.82 Å².